The van der Waals surface area contributed by atoms with Gasteiger partial charge in [0.15, 0.2) is 0 Å². The molecule has 0 aromatic heterocycles. The summed E-state index contributed by atoms with van der Waals surface area (Å²) in [6.45, 7) is 4.67. The van der Waals surface area contributed by atoms with Crippen LogP contribution in [0.3, 0.4) is 0 Å². The van der Waals surface area contributed by atoms with E-state index in [1.807, 2.05) is 44.2 Å². The molecule has 2 amide bonds. The molecule has 2 heterocycles. The number of rotatable bonds is 4. The summed E-state index contributed by atoms with van der Waals surface area (Å²) >= 11 is 0. The monoisotopic (exact) mass is 304 g/mol. The summed E-state index contributed by atoms with van der Waals surface area (Å²) < 4.78 is 0. The molecule has 0 saturated carbocycles. The van der Waals surface area contributed by atoms with Crippen LogP contribution >= 0.6 is 0 Å². The molecule has 2 aliphatic heterocycles. The van der Waals surface area contributed by atoms with E-state index >= 15 is 0 Å². The maximum absolute atomic E-state index is 12.5. The molecule has 2 aliphatic rings. The van der Waals surface area contributed by atoms with Crippen molar-refractivity contribution in [3.05, 3.63) is 35.9 Å². The average Bonchev–Trinajstić information content (AvgIpc) is 2.77. The summed E-state index contributed by atoms with van der Waals surface area (Å²) in [5.74, 6) is -0.954. The first-order valence-electron chi connectivity index (χ1n) is 7.39. The van der Waals surface area contributed by atoms with Crippen molar-refractivity contribution in [1.29, 1.82) is 0 Å². The van der Waals surface area contributed by atoms with Crippen LogP contribution in [0.25, 0.3) is 0 Å². The molecular formula is C16H20N2O4. The molecule has 118 valence electrons. The van der Waals surface area contributed by atoms with Crippen molar-refractivity contribution in [2.75, 3.05) is 6.54 Å². The van der Waals surface area contributed by atoms with Gasteiger partial charge in [-0.25, -0.2) is 9.59 Å². The Labute approximate surface area is 129 Å². The van der Waals surface area contributed by atoms with Crippen molar-refractivity contribution in [3.63, 3.8) is 0 Å². The van der Waals surface area contributed by atoms with E-state index in [0.29, 0.717) is 19.6 Å². The smallest absolute Gasteiger partial charge is 0.345 e. The number of aliphatic carboxylic acids is 1. The standard InChI is InChI=1S/C16H20N2O4/c1-16(2)8-12(14(19)20)17-9-13(16)18(15(17)21)22-10-11-6-4-3-5-7-11/h3-7,12-13H,8-10H2,1-2H3,(H,19,20)/t12-,13-/m0/s1. The molecule has 2 fully saturated rings. The normalized spacial score (nSPS) is 26.4. The van der Waals surface area contributed by atoms with E-state index < -0.39 is 12.0 Å². The largest absolute Gasteiger partial charge is 0.480 e. The highest BCUT2D eigenvalue weighted by Crippen LogP contribution is 2.42. The minimum atomic E-state index is -0.954. The molecule has 0 aliphatic carbocycles. The molecule has 3 rings (SSSR count). The second-order valence-electron chi connectivity index (χ2n) is 6.58. The highest BCUT2D eigenvalue weighted by Gasteiger charge is 2.55. The molecule has 2 atom stereocenters. The van der Waals surface area contributed by atoms with Crippen molar-refractivity contribution in [2.45, 2.75) is 39.0 Å². The second-order valence-corrected chi connectivity index (χ2v) is 6.58. The lowest BCUT2D eigenvalue weighted by atomic mass is 9.76. The maximum atomic E-state index is 12.5. The van der Waals surface area contributed by atoms with Gasteiger partial charge in [-0.15, -0.1) is 0 Å². The lowest BCUT2D eigenvalue weighted by Gasteiger charge is -2.40. The number of urea groups is 1. The van der Waals surface area contributed by atoms with Crippen LogP contribution < -0.4 is 0 Å². The van der Waals surface area contributed by atoms with E-state index in [9.17, 15) is 14.7 Å². The number of hydroxylamine groups is 2. The molecule has 0 radical (unpaired) electrons. The van der Waals surface area contributed by atoms with E-state index in [2.05, 4.69) is 0 Å². The number of carboxylic acid groups (broad SMARTS) is 1. The third kappa shape index (κ3) is 2.43. The summed E-state index contributed by atoms with van der Waals surface area (Å²) in [5, 5.41) is 10.7. The number of benzene rings is 1. The Hall–Kier alpha value is -2.08. The third-order valence-corrected chi connectivity index (χ3v) is 4.58. The Kier molecular flexibility index (Phi) is 3.56. The van der Waals surface area contributed by atoms with Gasteiger partial charge < -0.3 is 10.0 Å². The number of fused-ring (bicyclic) bond motifs is 2. The second kappa shape index (κ2) is 5.28. The molecule has 1 aromatic rings. The number of carboxylic acids is 1. The first-order chi connectivity index (χ1) is 10.4. The van der Waals surface area contributed by atoms with Crippen LogP contribution in [0.4, 0.5) is 4.79 Å². The van der Waals surface area contributed by atoms with Gasteiger partial charge in [0.2, 0.25) is 0 Å². The topological polar surface area (TPSA) is 70.1 Å². The lowest BCUT2D eigenvalue weighted by molar-refractivity contribution is -0.162. The first-order valence-corrected chi connectivity index (χ1v) is 7.39. The zero-order valence-electron chi connectivity index (χ0n) is 12.7. The fourth-order valence-corrected chi connectivity index (χ4v) is 3.25. The SMILES string of the molecule is CC1(C)C[C@@H](C(=O)O)N2C[C@@H]1N(OCc1ccccc1)C2=O. The summed E-state index contributed by atoms with van der Waals surface area (Å²) in [5.41, 5.74) is 0.668. The Morgan fingerprint density at radius 3 is 2.68 bits per heavy atom. The zero-order valence-corrected chi connectivity index (χ0v) is 12.7. The van der Waals surface area contributed by atoms with Crippen molar-refractivity contribution in [1.82, 2.24) is 9.96 Å². The predicted molar refractivity (Wildman–Crippen MR) is 78.8 cm³/mol. The van der Waals surface area contributed by atoms with Crippen molar-refractivity contribution >= 4 is 12.0 Å². The maximum Gasteiger partial charge on any atom is 0.345 e. The van der Waals surface area contributed by atoms with Gasteiger partial charge in [0.1, 0.15) is 12.6 Å². The fraction of sp³-hybridized carbons (Fsp3) is 0.500. The van der Waals surface area contributed by atoms with E-state index in [1.165, 1.54) is 9.96 Å². The minimum absolute atomic E-state index is 0.126. The zero-order chi connectivity index (χ0) is 15.9. The quantitative estimate of drug-likeness (QED) is 0.925. The molecular weight excluding hydrogens is 284 g/mol. The Morgan fingerprint density at radius 1 is 1.36 bits per heavy atom. The highest BCUT2D eigenvalue weighted by atomic mass is 16.7. The molecule has 6 heteroatoms. The minimum Gasteiger partial charge on any atom is -0.480 e. The van der Waals surface area contributed by atoms with Crippen LogP contribution in [0.5, 0.6) is 0 Å². The molecule has 1 N–H and O–H groups in total. The molecule has 2 bridgehead atoms. The molecule has 6 nitrogen and oxygen atoms in total. The van der Waals surface area contributed by atoms with Gasteiger partial charge >= 0.3 is 12.0 Å². The average molecular weight is 304 g/mol. The van der Waals surface area contributed by atoms with Crippen LogP contribution in [-0.4, -0.2) is 45.7 Å². The van der Waals surface area contributed by atoms with E-state index in [4.69, 9.17) is 4.84 Å². The van der Waals surface area contributed by atoms with Gasteiger partial charge in [0.05, 0.1) is 6.04 Å². The van der Waals surface area contributed by atoms with Crippen molar-refractivity contribution in [2.24, 2.45) is 5.41 Å². The van der Waals surface area contributed by atoms with E-state index in [1.54, 1.807) is 0 Å². The number of hydrogen-bond acceptors (Lipinski definition) is 3. The molecule has 22 heavy (non-hydrogen) atoms. The molecule has 2 saturated heterocycles. The molecule has 0 unspecified atom stereocenters. The fourth-order valence-electron chi connectivity index (χ4n) is 3.25. The molecule has 1 aromatic carbocycles. The van der Waals surface area contributed by atoms with Crippen molar-refractivity contribution in [3.8, 4) is 0 Å². The number of carbonyl (C=O) groups excluding carboxylic acids is 1. The van der Waals surface area contributed by atoms with Crippen molar-refractivity contribution < 1.29 is 19.5 Å². The molecule has 0 spiro atoms. The van der Waals surface area contributed by atoms with Gasteiger partial charge in [0, 0.05) is 6.54 Å². The number of amides is 2. The third-order valence-electron chi connectivity index (χ3n) is 4.58. The number of hydrogen-bond donors (Lipinski definition) is 1. The predicted octanol–water partition coefficient (Wildman–Crippen LogP) is 2.11. The van der Waals surface area contributed by atoms with Gasteiger partial charge in [-0.2, -0.15) is 5.06 Å². The number of piperidine rings is 1. The number of carbonyl (C=O) groups is 2. The van der Waals surface area contributed by atoms with Crippen LogP contribution in [0, 0.1) is 5.41 Å². The summed E-state index contributed by atoms with van der Waals surface area (Å²) in [6.07, 6.45) is 0.434. The van der Waals surface area contributed by atoms with Gasteiger partial charge in [-0.1, -0.05) is 44.2 Å². The van der Waals surface area contributed by atoms with Gasteiger partial charge in [-0.3, -0.25) is 4.84 Å². The van der Waals surface area contributed by atoms with Gasteiger partial charge in [-0.05, 0) is 17.4 Å². The Balaban J connectivity index is 1.78. The van der Waals surface area contributed by atoms with Crippen LogP contribution in [-0.2, 0) is 16.2 Å². The lowest BCUT2D eigenvalue weighted by Crippen LogP contribution is -2.51. The summed E-state index contributed by atoms with van der Waals surface area (Å²) in [6, 6.07) is 8.36. The van der Waals surface area contributed by atoms with Gasteiger partial charge in [0.25, 0.3) is 0 Å². The Morgan fingerprint density at radius 2 is 2.05 bits per heavy atom. The van der Waals surface area contributed by atoms with Crippen LogP contribution in [0.1, 0.15) is 25.8 Å². The van der Waals surface area contributed by atoms with E-state index in [-0.39, 0.29) is 17.5 Å². The highest BCUT2D eigenvalue weighted by molar-refractivity contribution is 5.84. The van der Waals surface area contributed by atoms with Crippen LogP contribution in [0.2, 0.25) is 0 Å². The van der Waals surface area contributed by atoms with E-state index in [0.717, 1.165) is 5.56 Å². The van der Waals surface area contributed by atoms with Crippen LogP contribution in [0.15, 0.2) is 30.3 Å². The summed E-state index contributed by atoms with van der Waals surface area (Å²) in [7, 11) is 0. The first kappa shape index (κ1) is 14.8. The number of nitrogens with zero attached hydrogens (tertiary/aromatic N) is 2. The Bertz CT molecular complexity index is 587. The summed E-state index contributed by atoms with van der Waals surface area (Å²) in [4.78, 5) is 31.0.